The van der Waals surface area contributed by atoms with Crippen molar-refractivity contribution in [2.45, 2.75) is 44.6 Å². The first-order valence-electron chi connectivity index (χ1n) is 10.2. The maximum absolute atomic E-state index is 12.9. The second-order valence-corrected chi connectivity index (χ2v) is 9.68. The summed E-state index contributed by atoms with van der Waals surface area (Å²) < 4.78 is 27.2. The largest absolute Gasteiger partial charge is 0.355 e. The lowest BCUT2D eigenvalue weighted by Crippen LogP contribution is -3.15. The van der Waals surface area contributed by atoms with Crippen LogP contribution in [0.15, 0.2) is 29.2 Å². The molecule has 1 heterocycles. The summed E-state index contributed by atoms with van der Waals surface area (Å²) in [5.41, 5.74) is 1.10. The summed E-state index contributed by atoms with van der Waals surface area (Å²) in [5, 5.41) is 5.36. The van der Waals surface area contributed by atoms with Crippen molar-refractivity contribution in [3.63, 3.8) is 0 Å². The van der Waals surface area contributed by atoms with Crippen LogP contribution in [0.3, 0.4) is 0 Å². The van der Waals surface area contributed by atoms with E-state index >= 15 is 0 Å². The van der Waals surface area contributed by atoms with Gasteiger partial charge in [0.15, 0.2) is 6.54 Å². The standard InChI is InChI=1S/C20H32N4O4S/c1-5-21-20(26)16(4)22-19(25)14-23-10-12-24(13-11-23)29(27,28)18-8-6-17(7-9-18)15(2)3/h6-9,15-16H,5,10-14H2,1-4H3,(H,21,26)(H,22,25)/p+1/t16-/m1/s1. The molecule has 2 amide bonds. The maximum atomic E-state index is 12.9. The van der Waals surface area contributed by atoms with E-state index in [1.54, 1.807) is 19.1 Å². The molecule has 0 saturated carbocycles. The van der Waals surface area contributed by atoms with Gasteiger partial charge in [-0.25, -0.2) is 8.42 Å². The molecule has 1 aromatic rings. The highest BCUT2D eigenvalue weighted by atomic mass is 32.2. The predicted octanol–water partition coefficient (Wildman–Crippen LogP) is -0.660. The van der Waals surface area contributed by atoms with Crippen LogP contribution in [-0.2, 0) is 19.6 Å². The Kier molecular flexibility index (Phi) is 8.18. The molecule has 2 rings (SSSR count). The summed E-state index contributed by atoms with van der Waals surface area (Å²) >= 11 is 0. The molecule has 1 saturated heterocycles. The first-order valence-corrected chi connectivity index (χ1v) is 11.6. The molecule has 0 aromatic heterocycles. The van der Waals surface area contributed by atoms with Gasteiger partial charge in [0.05, 0.1) is 31.1 Å². The van der Waals surface area contributed by atoms with Gasteiger partial charge in [-0.05, 0) is 37.5 Å². The minimum atomic E-state index is -3.53. The van der Waals surface area contributed by atoms with Gasteiger partial charge in [-0.3, -0.25) is 9.59 Å². The second kappa shape index (κ2) is 10.2. The zero-order valence-electron chi connectivity index (χ0n) is 17.7. The van der Waals surface area contributed by atoms with Gasteiger partial charge in [0, 0.05) is 6.54 Å². The number of benzene rings is 1. The van der Waals surface area contributed by atoms with Crippen LogP contribution in [0.1, 0.15) is 39.2 Å². The highest BCUT2D eigenvalue weighted by Crippen LogP contribution is 2.20. The normalized spacial score (nSPS) is 17.1. The number of quaternary nitrogens is 1. The molecule has 0 spiro atoms. The van der Waals surface area contributed by atoms with E-state index in [0.717, 1.165) is 10.5 Å². The van der Waals surface area contributed by atoms with Crippen LogP contribution in [0, 0.1) is 0 Å². The minimum Gasteiger partial charge on any atom is -0.355 e. The molecule has 0 bridgehead atoms. The molecule has 1 aliphatic rings. The first-order chi connectivity index (χ1) is 13.6. The SMILES string of the molecule is CCNC(=O)[C@@H](C)NC(=O)C[NH+]1CCN(S(=O)(=O)c2ccc(C(C)C)cc2)CC1. The fourth-order valence-corrected chi connectivity index (χ4v) is 4.75. The van der Waals surface area contributed by atoms with E-state index in [9.17, 15) is 18.0 Å². The number of nitrogens with one attached hydrogen (secondary N) is 3. The van der Waals surface area contributed by atoms with E-state index in [-0.39, 0.29) is 18.4 Å². The fraction of sp³-hybridized carbons (Fsp3) is 0.600. The third kappa shape index (κ3) is 6.25. The molecule has 0 aliphatic carbocycles. The van der Waals surface area contributed by atoms with Crippen molar-refractivity contribution in [2.24, 2.45) is 0 Å². The number of amides is 2. The molecule has 0 unspecified atom stereocenters. The number of nitrogens with zero attached hydrogens (tertiary/aromatic N) is 1. The summed E-state index contributed by atoms with van der Waals surface area (Å²) in [6.45, 7) is 10.2. The van der Waals surface area contributed by atoms with Crippen LogP contribution < -0.4 is 15.5 Å². The van der Waals surface area contributed by atoms with Crippen molar-refractivity contribution in [3.8, 4) is 0 Å². The molecule has 1 fully saturated rings. The Morgan fingerprint density at radius 2 is 1.69 bits per heavy atom. The van der Waals surface area contributed by atoms with Gasteiger partial charge >= 0.3 is 0 Å². The zero-order valence-corrected chi connectivity index (χ0v) is 18.5. The van der Waals surface area contributed by atoms with E-state index in [1.165, 1.54) is 4.31 Å². The van der Waals surface area contributed by atoms with Crippen LogP contribution in [0.2, 0.25) is 0 Å². The number of rotatable bonds is 8. The number of piperazine rings is 1. The smallest absolute Gasteiger partial charge is 0.275 e. The van der Waals surface area contributed by atoms with E-state index in [1.807, 2.05) is 19.1 Å². The summed E-state index contributed by atoms with van der Waals surface area (Å²) in [6, 6.07) is 6.47. The predicted molar refractivity (Wildman–Crippen MR) is 111 cm³/mol. The number of carbonyl (C=O) groups is 2. The maximum Gasteiger partial charge on any atom is 0.275 e. The van der Waals surface area contributed by atoms with E-state index in [2.05, 4.69) is 24.5 Å². The van der Waals surface area contributed by atoms with Crippen LogP contribution >= 0.6 is 0 Å². The van der Waals surface area contributed by atoms with Crippen molar-refractivity contribution in [1.82, 2.24) is 14.9 Å². The first kappa shape index (κ1) is 23.3. The van der Waals surface area contributed by atoms with Gasteiger partial charge in [0.25, 0.3) is 5.91 Å². The van der Waals surface area contributed by atoms with E-state index in [4.69, 9.17) is 0 Å². The lowest BCUT2D eigenvalue weighted by atomic mass is 10.0. The molecular weight excluding hydrogens is 392 g/mol. The molecule has 162 valence electrons. The Labute approximate surface area is 173 Å². The topological polar surface area (TPSA) is 100 Å². The summed E-state index contributed by atoms with van der Waals surface area (Å²) in [4.78, 5) is 25.2. The van der Waals surface area contributed by atoms with Crippen molar-refractivity contribution in [2.75, 3.05) is 39.3 Å². The second-order valence-electron chi connectivity index (χ2n) is 7.74. The van der Waals surface area contributed by atoms with Gasteiger partial charge in [-0.15, -0.1) is 0 Å². The number of hydrogen-bond donors (Lipinski definition) is 3. The number of hydrogen-bond acceptors (Lipinski definition) is 4. The Hall–Kier alpha value is -1.97. The Morgan fingerprint density at radius 1 is 1.10 bits per heavy atom. The molecule has 8 nitrogen and oxygen atoms in total. The number of likely N-dealkylation sites (N-methyl/N-ethyl adjacent to an activating group) is 1. The van der Waals surface area contributed by atoms with Crippen LogP contribution in [0.4, 0.5) is 0 Å². The average molecular weight is 426 g/mol. The van der Waals surface area contributed by atoms with Crippen molar-refractivity contribution >= 4 is 21.8 Å². The lowest BCUT2D eigenvalue weighted by Gasteiger charge is -2.31. The lowest BCUT2D eigenvalue weighted by molar-refractivity contribution is -0.895. The summed E-state index contributed by atoms with van der Waals surface area (Å²) in [5.74, 6) is -0.0737. The van der Waals surface area contributed by atoms with Crippen molar-refractivity contribution in [1.29, 1.82) is 0 Å². The molecule has 1 aliphatic heterocycles. The average Bonchev–Trinajstić information content (AvgIpc) is 2.68. The molecule has 29 heavy (non-hydrogen) atoms. The molecule has 3 N–H and O–H groups in total. The summed E-state index contributed by atoms with van der Waals surface area (Å²) in [6.07, 6.45) is 0. The van der Waals surface area contributed by atoms with Gasteiger partial charge in [0.1, 0.15) is 6.04 Å². The monoisotopic (exact) mass is 425 g/mol. The van der Waals surface area contributed by atoms with Crippen LogP contribution in [0.5, 0.6) is 0 Å². The quantitative estimate of drug-likeness (QED) is 0.515. The number of sulfonamides is 1. The van der Waals surface area contributed by atoms with Gasteiger partial charge in [0.2, 0.25) is 15.9 Å². The van der Waals surface area contributed by atoms with Gasteiger partial charge in [-0.2, -0.15) is 4.31 Å². The third-order valence-corrected chi connectivity index (χ3v) is 7.06. The van der Waals surface area contributed by atoms with Crippen LogP contribution in [-0.4, -0.2) is 69.8 Å². The zero-order chi connectivity index (χ0) is 21.6. The van der Waals surface area contributed by atoms with Crippen LogP contribution in [0.25, 0.3) is 0 Å². The summed E-state index contributed by atoms with van der Waals surface area (Å²) in [7, 11) is -3.53. The highest BCUT2D eigenvalue weighted by molar-refractivity contribution is 7.89. The number of carbonyl (C=O) groups excluding carboxylic acids is 2. The van der Waals surface area contributed by atoms with E-state index < -0.39 is 16.1 Å². The van der Waals surface area contributed by atoms with E-state index in [0.29, 0.717) is 43.5 Å². The molecule has 1 atom stereocenters. The minimum absolute atomic E-state index is 0.209. The molecule has 0 radical (unpaired) electrons. The fourth-order valence-electron chi connectivity index (χ4n) is 3.31. The molecule has 9 heteroatoms. The van der Waals surface area contributed by atoms with Crippen molar-refractivity contribution in [3.05, 3.63) is 29.8 Å². The highest BCUT2D eigenvalue weighted by Gasteiger charge is 2.31. The Balaban J connectivity index is 1.87. The Bertz CT molecular complexity index is 800. The van der Waals surface area contributed by atoms with Gasteiger partial charge < -0.3 is 15.5 Å². The van der Waals surface area contributed by atoms with Crippen molar-refractivity contribution < 1.29 is 22.9 Å². The molecular formula is C20H33N4O4S+. The Morgan fingerprint density at radius 3 is 2.21 bits per heavy atom. The molecule has 1 aromatic carbocycles. The third-order valence-electron chi connectivity index (χ3n) is 5.15. The van der Waals surface area contributed by atoms with Gasteiger partial charge in [-0.1, -0.05) is 26.0 Å².